The van der Waals surface area contributed by atoms with Crippen LogP contribution in [0.3, 0.4) is 0 Å². The van der Waals surface area contributed by atoms with Crippen LogP contribution in [0.2, 0.25) is 5.02 Å². The molecular formula is C17H24ClN3O3. The van der Waals surface area contributed by atoms with Crippen LogP contribution in [0.4, 0.5) is 5.82 Å². The molecule has 2 heterocycles. The highest BCUT2D eigenvalue weighted by molar-refractivity contribution is 6.30. The van der Waals surface area contributed by atoms with Gasteiger partial charge in [0, 0.05) is 19.2 Å². The summed E-state index contributed by atoms with van der Waals surface area (Å²) in [5.41, 5.74) is 0. The molecule has 0 saturated carbocycles. The van der Waals surface area contributed by atoms with Crippen LogP contribution in [-0.2, 0) is 14.3 Å². The molecular weight excluding hydrogens is 330 g/mol. The Kier molecular flexibility index (Phi) is 7.46. The maximum absolute atomic E-state index is 12.4. The van der Waals surface area contributed by atoms with E-state index in [2.05, 4.69) is 15.2 Å². The lowest BCUT2D eigenvalue weighted by Gasteiger charge is -2.31. The Morgan fingerprint density at radius 1 is 1.46 bits per heavy atom. The second-order valence-electron chi connectivity index (χ2n) is 5.90. The van der Waals surface area contributed by atoms with Crippen molar-refractivity contribution in [2.24, 2.45) is 5.92 Å². The standard InChI is InChI=1S/C17H24ClN3O3/c1-2-24-16(22)6-4-10-21-9-3-5-13(12-21)17(23)20-15-8-7-14(18)11-19-15/h7-8,11,13H,2-6,9-10,12H2,1H3,(H,19,20,23). The number of anilines is 1. The SMILES string of the molecule is CCOC(=O)CCCN1CCCC(C(=O)Nc2ccc(Cl)cn2)C1. The van der Waals surface area contributed by atoms with Crippen molar-refractivity contribution in [3.05, 3.63) is 23.4 Å². The average molecular weight is 354 g/mol. The molecule has 132 valence electrons. The fourth-order valence-electron chi connectivity index (χ4n) is 2.83. The molecule has 1 fully saturated rings. The summed E-state index contributed by atoms with van der Waals surface area (Å²) >= 11 is 5.79. The number of hydrogen-bond donors (Lipinski definition) is 1. The van der Waals surface area contributed by atoms with Gasteiger partial charge in [0.05, 0.1) is 17.5 Å². The molecule has 0 radical (unpaired) electrons. The monoisotopic (exact) mass is 353 g/mol. The number of nitrogens with one attached hydrogen (secondary N) is 1. The summed E-state index contributed by atoms with van der Waals surface area (Å²) in [4.78, 5) is 30.1. The molecule has 1 atom stereocenters. The first-order valence-electron chi connectivity index (χ1n) is 8.39. The summed E-state index contributed by atoms with van der Waals surface area (Å²) in [5.74, 6) is 0.292. The third-order valence-electron chi connectivity index (χ3n) is 4.02. The molecule has 2 rings (SSSR count). The van der Waals surface area contributed by atoms with Gasteiger partial charge in [-0.2, -0.15) is 0 Å². The number of likely N-dealkylation sites (tertiary alicyclic amines) is 1. The number of nitrogens with zero attached hydrogens (tertiary/aromatic N) is 2. The Morgan fingerprint density at radius 3 is 3.00 bits per heavy atom. The molecule has 24 heavy (non-hydrogen) atoms. The number of rotatable bonds is 7. The zero-order valence-corrected chi connectivity index (χ0v) is 14.7. The summed E-state index contributed by atoms with van der Waals surface area (Å²) in [7, 11) is 0. The third kappa shape index (κ3) is 6.09. The Hall–Kier alpha value is -1.66. The van der Waals surface area contributed by atoms with Gasteiger partial charge in [0.25, 0.3) is 0 Å². The molecule has 1 aliphatic rings. The van der Waals surface area contributed by atoms with E-state index in [4.69, 9.17) is 16.3 Å². The topological polar surface area (TPSA) is 71.5 Å². The first-order valence-corrected chi connectivity index (χ1v) is 8.76. The molecule has 0 aliphatic carbocycles. The van der Waals surface area contributed by atoms with Crippen molar-refractivity contribution in [2.75, 3.05) is 31.6 Å². The van der Waals surface area contributed by atoms with Gasteiger partial charge >= 0.3 is 5.97 Å². The smallest absolute Gasteiger partial charge is 0.305 e. The first kappa shape index (κ1) is 18.7. The zero-order valence-electron chi connectivity index (χ0n) is 14.0. The molecule has 0 spiro atoms. The fourth-order valence-corrected chi connectivity index (χ4v) is 2.94. The van der Waals surface area contributed by atoms with Crippen LogP contribution in [0.25, 0.3) is 0 Å². The van der Waals surface area contributed by atoms with Gasteiger partial charge in [-0.3, -0.25) is 9.59 Å². The molecule has 1 aromatic heterocycles. The number of esters is 1. The number of amides is 1. The van der Waals surface area contributed by atoms with Gasteiger partial charge in [-0.1, -0.05) is 11.6 Å². The highest BCUT2D eigenvalue weighted by Gasteiger charge is 2.25. The molecule has 0 aromatic carbocycles. The Labute approximate surface area is 147 Å². The van der Waals surface area contributed by atoms with Crippen molar-refractivity contribution in [3.8, 4) is 0 Å². The Balaban J connectivity index is 1.76. The van der Waals surface area contributed by atoms with Crippen molar-refractivity contribution in [1.29, 1.82) is 0 Å². The minimum Gasteiger partial charge on any atom is -0.466 e. The van der Waals surface area contributed by atoms with Gasteiger partial charge in [-0.05, 0) is 51.4 Å². The van der Waals surface area contributed by atoms with E-state index in [0.29, 0.717) is 30.4 Å². The second-order valence-corrected chi connectivity index (χ2v) is 6.34. The molecule has 1 unspecified atom stereocenters. The van der Waals surface area contributed by atoms with Crippen LogP contribution in [-0.4, -0.2) is 48.0 Å². The van der Waals surface area contributed by atoms with E-state index in [1.165, 1.54) is 6.20 Å². The predicted molar refractivity (Wildman–Crippen MR) is 92.9 cm³/mol. The van der Waals surface area contributed by atoms with Crippen molar-refractivity contribution in [1.82, 2.24) is 9.88 Å². The van der Waals surface area contributed by atoms with Crippen molar-refractivity contribution >= 4 is 29.3 Å². The fraction of sp³-hybridized carbons (Fsp3) is 0.588. The maximum atomic E-state index is 12.4. The number of carbonyl (C=O) groups is 2. The van der Waals surface area contributed by atoms with E-state index in [-0.39, 0.29) is 17.8 Å². The minimum atomic E-state index is -0.155. The van der Waals surface area contributed by atoms with Gasteiger partial charge < -0.3 is 15.0 Å². The normalized spacial score (nSPS) is 18.2. The van der Waals surface area contributed by atoms with E-state index in [0.717, 1.165) is 32.4 Å². The number of pyridine rings is 1. The van der Waals surface area contributed by atoms with Crippen LogP contribution in [0, 0.1) is 5.92 Å². The van der Waals surface area contributed by atoms with Gasteiger partial charge in [-0.25, -0.2) is 4.98 Å². The maximum Gasteiger partial charge on any atom is 0.305 e. The van der Waals surface area contributed by atoms with Crippen LogP contribution in [0.1, 0.15) is 32.6 Å². The lowest BCUT2D eigenvalue weighted by atomic mass is 9.97. The number of hydrogen-bond acceptors (Lipinski definition) is 5. The van der Waals surface area contributed by atoms with Crippen LogP contribution < -0.4 is 5.32 Å². The average Bonchev–Trinajstić information content (AvgIpc) is 2.57. The molecule has 1 saturated heterocycles. The number of ether oxygens (including phenoxy) is 1. The van der Waals surface area contributed by atoms with Crippen molar-refractivity contribution in [2.45, 2.75) is 32.6 Å². The number of carbonyl (C=O) groups excluding carboxylic acids is 2. The van der Waals surface area contributed by atoms with E-state index in [1.54, 1.807) is 19.1 Å². The molecule has 1 aromatic rings. The van der Waals surface area contributed by atoms with Crippen LogP contribution >= 0.6 is 11.6 Å². The summed E-state index contributed by atoms with van der Waals surface area (Å²) < 4.78 is 4.93. The second kappa shape index (κ2) is 9.59. The van der Waals surface area contributed by atoms with Crippen LogP contribution in [0.15, 0.2) is 18.3 Å². The van der Waals surface area contributed by atoms with Gasteiger partial charge in [0.15, 0.2) is 0 Å². The van der Waals surface area contributed by atoms with E-state index >= 15 is 0 Å². The van der Waals surface area contributed by atoms with Gasteiger partial charge in [0.1, 0.15) is 5.82 Å². The largest absolute Gasteiger partial charge is 0.466 e. The van der Waals surface area contributed by atoms with E-state index < -0.39 is 0 Å². The lowest BCUT2D eigenvalue weighted by molar-refractivity contribution is -0.143. The minimum absolute atomic E-state index is 0.0140. The number of halogens is 1. The van der Waals surface area contributed by atoms with Gasteiger partial charge in [0.2, 0.25) is 5.91 Å². The highest BCUT2D eigenvalue weighted by Crippen LogP contribution is 2.19. The molecule has 1 N–H and O–H groups in total. The van der Waals surface area contributed by atoms with Crippen molar-refractivity contribution in [3.63, 3.8) is 0 Å². The first-order chi connectivity index (χ1) is 11.6. The van der Waals surface area contributed by atoms with E-state index in [9.17, 15) is 9.59 Å². The Morgan fingerprint density at radius 2 is 2.29 bits per heavy atom. The zero-order chi connectivity index (χ0) is 17.4. The highest BCUT2D eigenvalue weighted by atomic mass is 35.5. The van der Waals surface area contributed by atoms with Crippen LogP contribution in [0.5, 0.6) is 0 Å². The molecule has 6 nitrogen and oxygen atoms in total. The Bertz CT molecular complexity index is 551. The third-order valence-corrected chi connectivity index (χ3v) is 4.24. The lowest BCUT2D eigenvalue weighted by Crippen LogP contribution is -2.41. The van der Waals surface area contributed by atoms with E-state index in [1.807, 2.05) is 0 Å². The summed E-state index contributed by atoms with van der Waals surface area (Å²) in [5, 5.41) is 3.38. The molecule has 7 heteroatoms. The summed E-state index contributed by atoms with van der Waals surface area (Å²) in [6, 6.07) is 3.40. The number of aromatic nitrogens is 1. The molecule has 1 aliphatic heterocycles. The summed E-state index contributed by atoms with van der Waals surface area (Å²) in [6.07, 6.45) is 4.54. The molecule has 0 bridgehead atoms. The predicted octanol–water partition coefficient (Wildman–Crippen LogP) is 2.73. The quantitative estimate of drug-likeness (QED) is 0.763. The number of piperidine rings is 1. The summed E-state index contributed by atoms with van der Waals surface area (Å²) in [6.45, 7) is 4.71. The van der Waals surface area contributed by atoms with Crippen molar-refractivity contribution < 1.29 is 14.3 Å². The van der Waals surface area contributed by atoms with Gasteiger partial charge in [-0.15, -0.1) is 0 Å². The molecule has 1 amide bonds.